The Morgan fingerprint density at radius 3 is 2.77 bits per heavy atom. The van der Waals surface area contributed by atoms with Crippen molar-refractivity contribution in [2.24, 2.45) is 0 Å². The van der Waals surface area contributed by atoms with E-state index in [2.05, 4.69) is 11.2 Å². The molecule has 1 aliphatic heterocycles. The molecule has 0 aliphatic carbocycles. The third kappa shape index (κ3) is 6.66. The molecule has 0 aromatic heterocycles. The molecule has 162 valence electrons. The van der Waals surface area contributed by atoms with Crippen LogP contribution in [-0.4, -0.2) is 47.6 Å². The second kappa shape index (κ2) is 10.9. The topological polar surface area (TPSA) is 124 Å². The number of benzene rings is 1. The fourth-order valence-corrected chi connectivity index (χ4v) is 2.87. The number of aliphatic hydroxyl groups excluding tert-OH is 1. The molecule has 1 heterocycles. The molecule has 1 amide bonds. The van der Waals surface area contributed by atoms with Crippen LogP contribution in [0.3, 0.4) is 0 Å². The molecule has 0 fully saturated rings. The SMILES string of the molecule is C#CCCC(=O)N[C@H]1Cc2cccc(C(O)OC(C)OC(=O)OC(C)C)c2OB1O. The largest absolute Gasteiger partial charge is 0.547 e. The van der Waals surface area contributed by atoms with E-state index < -0.39 is 31.8 Å². The summed E-state index contributed by atoms with van der Waals surface area (Å²) in [6.45, 7) is 4.77. The van der Waals surface area contributed by atoms with Gasteiger partial charge in [-0.25, -0.2) is 4.79 Å². The van der Waals surface area contributed by atoms with E-state index in [0.717, 1.165) is 0 Å². The second-order valence-corrected chi connectivity index (χ2v) is 7.02. The summed E-state index contributed by atoms with van der Waals surface area (Å²) in [5.41, 5.74) is 0.909. The number of carbonyl (C=O) groups excluding carboxylic acids is 2. The Hall–Kier alpha value is -2.74. The Morgan fingerprint density at radius 2 is 2.10 bits per heavy atom. The number of ether oxygens (including phenoxy) is 3. The van der Waals surface area contributed by atoms with Crippen LogP contribution in [0.15, 0.2) is 18.2 Å². The molecule has 0 saturated heterocycles. The average Bonchev–Trinajstić information content (AvgIpc) is 2.65. The molecule has 3 N–H and O–H groups in total. The van der Waals surface area contributed by atoms with Gasteiger partial charge in [-0.2, -0.15) is 0 Å². The van der Waals surface area contributed by atoms with Gasteiger partial charge in [0, 0.05) is 18.4 Å². The average molecular weight is 419 g/mol. The van der Waals surface area contributed by atoms with Crippen molar-refractivity contribution in [2.75, 3.05) is 0 Å². The molecule has 1 aliphatic rings. The van der Waals surface area contributed by atoms with Crippen LogP contribution < -0.4 is 9.97 Å². The highest BCUT2D eigenvalue weighted by Gasteiger charge is 2.37. The van der Waals surface area contributed by atoms with Gasteiger partial charge in [0.05, 0.1) is 12.0 Å². The zero-order valence-corrected chi connectivity index (χ0v) is 17.2. The van der Waals surface area contributed by atoms with E-state index in [-0.39, 0.29) is 36.2 Å². The molecule has 0 spiro atoms. The summed E-state index contributed by atoms with van der Waals surface area (Å²) < 4.78 is 20.6. The van der Waals surface area contributed by atoms with E-state index in [1.807, 2.05) is 0 Å². The number of hydrogen-bond acceptors (Lipinski definition) is 8. The second-order valence-electron chi connectivity index (χ2n) is 7.02. The third-order valence-corrected chi connectivity index (χ3v) is 4.17. The minimum absolute atomic E-state index is 0.149. The standard InChI is InChI=1S/C20H26BNO8/c1-5-6-10-17(23)22-16-11-14-8-7-9-15(18(14)30-21(16)26)19(24)28-13(4)29-20(25)27-12(2)3/h1,7-9,12-13,16,19,24,26H,6,10-11H2,2-4H3,(H,22,23)/t13?,16-,19?/m0/s1. The number of hydrogen-bond donors (Lipinski definition) is 3. The summed E-state index contributed by atoms with van der Waals surface area (Å²) in [6.07, 6.45) is 2.02. The zero-order chi connectivity index (χ0) is 22.3. The number of terminal acetylenes is 1. The zero-order valence-electron chi connectivity index (χ0n) is 17.2. The molecule has 0 radical (unpaired) electrons. The monoisotopic (exact) mass is 419 g/mol. The van der Waals surface area contributed by atoms with Gasteiger partial charge in [0.15, 0.2) is 6.29 Å². The fourth-order valence-electron chi connectivity index (χ4n) is 2.87. The summed E-state index contributed by atoms with van der Waals surface area (Å²) in [5, 5.41) is 23.4. The van der Waals surface area contributed by atoms with Gasteiger partial charge in [-0.1, -0.05) is 18.2 Å². The van der Waals surface area contributed by atoms with Crippen molar-refractivity contribution in [1.29, 1.82) is 0 Å². The summed E-state index contributed by atoms with van der Waals surface area (Å²) in [5.74, 6) is 1.67. The van der Waals surface area contributed by atoms with Crippen LogP contribution >= 0.6 is 0 Å². The van der Waals surface area contributed by atoms with Gasteiger partial charge in [-0.05, 0) is 32.8 Å². The highest BCUT2D eigenvalue weighted by molar-refractivity contribution is 6.46. The molecule has 30 heavy (non-hydrogen) atoms. The predicted molar refractivity (Wildman–Crippen MR) is 107 cm³/mol. The maximum atomic E-state index is 11.9. The number of para-hydroxylation sites is 1. The Kier molecular flexibility index (Phi) is 8.53. The van der Waals surface area contributed by atoms with Gasteiger partial charge >= 0.3 is 13.3 Å². The lowest BCUT2D eigenvalue weighted by molar-refractivity contribution is -0.210. The lowest BCUT2D eigenvalue weighted by atomic mass is 9.72. The minimum Gasteiger partial charge on any atom is -0.534 e. The van der Waals surface area contributed by atoms with Gasteiger partial charge in [0.2, 0.25) is 12.2 Å². The lowest BCUT2D eigenvalue weighted by Gasteiger charge is -2.30. The van der Waals surface area contributed by atoms with Crippen LogP contribution in [0.25, 0.3) is 0 Å². The van der Waals surface area contributed by atoms with Crippen molar-refractivity contribution in [3.05, 3.63) is 29.3 Å². The Labute approximate surface area is 175 Å². The van der Waals surface area contributed by atoms with Crippen LogP contribution in [0.1, 0.15) is 51.0 Å². The lowest BCUT2D eigenvalue weighted by Crippen LogP contribution is -2.53. The van der Waals surface area contributed by atoms with Crippen molar-refractivity contribution >= 4 is 19.2 Å². The maximum Gasteiger partial charge on any atom is 0.547 e. The molecule has 2 rings (SSSR count). The summed E-state index contributed by atoms with van der Waals surface area (Å²) in [6, 6.07) is 4.98. The van der Waals surface area contributed by atoms with Gasteiger partial charge < -0.3 is 34.3 Å². The Bertz CT molecular complexity index is 794. The van der Waals surface area contributed by atoms with Crippen molar-refractivity contribution in [3.8, 4) is 18.1 Å². The third-order valence-electron chi connectivity index (χ3n) is 4.17. The summed E-state index contributed by atoms with van der Waals surface area (Å²) in [4.78, 5) is 23.4. The van der Waals surface area contributed by atoms with E-state index in [1.54, 1.807) is 32.0 Å². The van der Waals surface area contributed by atoms with Gasteiger partial charge in [0.25, 0.3) is 0 Å². The molecule has 10 heteroatoms. The van der Waals surface area contributed by atoms with Crippen LogP contribution in [0.5, 0.6) is 5.75 Å². The first kappa shape index (κ1) is 23.5. The molecule has 2 unspecified atom stereocenters. The van der Waals surface area contributed by atoms with Crippen molar-refractivity contribution in [2.45, 2.75) is 64.7 Å². The van der Waals surface area contributed by atoms with E-state index in [9.17, 15) is 19.7 Å². The minimum atomic E-state index is -1.49. The normalized spacial score (nSPS) is 17.2. The maximum absolute atomic E-state index is 11.9. The van der Waals surface area contributed by atoms with Crippen molar-refractivity contribution < 1.29 is 38.6 Å². The number of rotatable bonds is 8. The van der Waals surface area contributed by atoms with Crippen LogP contribution in [0.4, 0.5) is 4.79 Å². The summed E-state index contributed by atoms with van der Waals surface area (Å²) in [7, 11) is -1.32. The highest BCUT2D eigenvalue weighted by atomic mass is 16.8. The smallest absolute Gasteiger partial charge is 0.534 e. The number of carbonyl (C=O) groups is 2. The van der Waals surface area contributed by atoms with Gasteiger partial charge in [-0.3, -0.25) is 4.79 Å². The quantitative estimate of drug-likeness (QED) is 0.251. The number of amides is 1. The highest BCUT2D eigenvalue weighted by Crippen LogP contribution is 2.34. The van der Waals surface area contributed by atoms with Crippen molar-refractivity contribution in [1.82, 2.24) is 5.32 Å². The molecule has 9 nitrogen and oxygen atoms in total. The fraction of sp³-hybridized carbons (Fsp3) is 0.500. The number of aliphatic hydroxyl groups is 1. The molecule has 0 bridgehead atoms. The molecule has 0 saturated carbocycles. The Balaban J connectivity index is 2.04. The van der Waals surface area contributed by atoms with E-state index in [0.29, 0.717) is 12.0 Å². The first-order chi connectivity index (χ1) is 14.2. The molecular weight excluding hydrogens is 393 g/mol. The predicted octanol–water partition coefficient (Wildman–Crippen LogP) is 1.45. The first-order valence-electron chi connectivity index (χ1n) is 9.61. The molecule has 1 aromatic rings. The van der Waals surface area contributed by atoms with Gasteiger partial charge in [-0.15, -0.1) is 12.3 Å². The molecular formula is C20H26BNO8. The summed E-state index contributed by atoms with van der Waals surface area (Å²) >= 11 is 0. The number of nitrogens with one attached hydrogen (secondary N) is 1. The first-order valence-corrected chi connectivity index (χ1v) is 9.61. The van der Waals surface area contributed by atoms with E-state index in [1.165, 1.54) is 6.92 Å². The van der Waals surface area contributed by atoms with Crippen LogP contribution in [0, 0.1) is 12.3 Å². The molecule has 3 atom stereocenters. The van der Waals surface area contributed by atoms with Crippen molar-refractivity contribution in [3.63, 3.8) is 0 Å². The van der Waals surface area contributed by atoms with Gasteiger partial charge in [0.1, 0.15) is 5.75 Å². The van der Waals surface area contributed by atoms with E-state index in [4.69, 9.17) is 25.3 Å². The number of fused-ring (bicyclic) bond motifs is 1. The van der Waals surface area contributed by atoms with Crippen LogP contribution in [-0.2, 0) is 25.4 Å². The Morgan fingerprint density at radius 1 is 1.37 bits per heavy atom. The van der Waals surface area contributed by atoms with E-state index >= 15 is 0 Å². The van der Waals surface area contributed by atoms with Crippen LogP contribution in [0.2, 0.25) is 0 Å². The molecule has 1 aromatic carbocycles.